The SMILES string of the molecule is CC#CC#C/C=C1/O[C@]2(CCCCO2)[C@@H]2O[C@H]12. The van der Waals surface area contributed by atoms with Gasteiger partial charge in [-0.1, -0.05) is 11.8 Å². The highest BCUT2D eigenvalue weighted by atomic mass is 16.8. The summed E-state index contributed by atoms with van der Waals surface area (Å²) in [7, 11) is 0. The largest absolute Gasteiger partial charge is 0.460 e. The van der Waals surface area contributed by atoms with Crippen LogP contribution in [0.3, 0.4) is 0 Å². The van der Waals surface area contributed by atoms with E-state index in [0.717, 1.165) is 31.6 Å². The molecule has 3 saturated heterocycles. The molecule has 3 aliphatic rings. The van der Waals surface area contributed by atoms with Crippen LogP contribution in [0.25, 0.3) is 0 Å². The average molecular weight is 230 g/mol. The number of rotatable bonds is 0. The van der Waals surface area contributed by atoms with Crippen molar-refractivity contribution in [2.75, 3.05) is 6.61 Å². The molecule has 0 aromatic heterocycles. The molecule has 0 radical (unpaired) electrons. The van der Waals surface area contributed by atoms with Crippen LogP contribution < -0.4 is 0 Å². The first kappa shape index (κ1) is 10.7. The molecule has 0 aromatic rings. The first-order valence-electron chi connectivity index (χ1n) is 5.96. The second-order valence-corrected chi connectivity index (χ2v) is 4.39. The maximum Gasteiger partial charge on any atom is 0.239 e. The lowest BCUT2D eigenvalue weighted by Crippen LogP contribution is -2.41. The molecule has 3 fully saturated rings. The monoisotopic (exact) mass is 230 g/mol. The van der Waals surface area contributed by atoms with Gasteiger partial charge in [0.1, 0.15) is 11.9 Å². The number of ether oxygens (including phenoxy) is 3. The molecule has 0 aromatic carbocycles. The van der Waals surface area contributed by atoms with E-state index in [4.69, 9.17) is 14.2 Å². The lowest BCUT2D eigenvalue weighted by Gasteiger charge is -2.33. The van der Waals surface area contributed by atoms with E-state index in [-0.39, 0.29) is 12.2 Å². The summed E-state index contributed by atoms with van der Waals surface area (Å²) < 4.78 is 17.3. The molecular weight excluding hydrogens is 216 g/mol. The van der Waals surface area contributed by atoms with Crippen LogP contribution in [-0.2, 0) is 14.2 Å². The zero-order chi connectivity index (χ0) is 11.7. The fourth-order valence-electron chi connectivity index (χ4n) is 2.39. The van der Waals surface area contributed by atoms with Gasteiger partial charge in [0.05, 0.1) is 6.61 Å². The Kier molecular flexibility index (Phi) is 2.59. The topological polar surface area (TPSA) is 31.0 Å². The lowest BCUT2D eigenvalue weighted by molar-refractivity contribution is -0.240. The highest BCUT2D eigenvalue weighted by molar-refractivity contribution is 5.34. The van der Waals surface area contributed by atoms with E-state index in [1.54, 1.807) is 13.0 Å². The summed E-state index contributed by atoms with van der Waals surface area (Å²) in [5, 5.41) is 0. The summed E-state index contributed by atoms with van der Waals surface area (Å²) in [5.74, 6) is 11.3. The molecule has 3 heterocycles. The Bertz CT molecular complexity index is 463. The molecule has 3 atom stereocenters. The molecule has 0 aliphatic carbocycles. The zero-order valence-electron chi connectivity index (χ0n) is 9.79. The number of epoxide rings is 1. The van der Waals surface area contributed by atoms with Crippen LogP contribution in [0.4, 0.5) is 0 Å². The van der Waals surface area contributed by atoms with E-state index in [1.165, 1.54) is 0 Å². The van der Waals surface area contributed by atoms with Gasteiger partial charge in [0, 0.05) is 12.5 Å². The second kappa shape index (κ2) is 4.11. The van der Waals surface area contributed by atoms with Gasteiger partial charge in [-0.05, 0) is 31.6 Å². The van der Waals surface area contributed by atoms with Crippen LogP contribution in [0.5, 0.6) is 0 Å². The van der Waals surface area contributed by atoms with Crippen molar-refractivity contribution < 1.29 is 14.2 Å². The summed E-state index contributed by atoms with van der Waals surface area (Å²) in [6.07, 6.45) is 5.03. The maximum absolute atomic E-state index is 5.90. The normalized spacial score (nSPS) is 39.7. The van der Waals surface area contributed by atoms with Crippen LogP contribution in [0.15, 0.2) is 11.8 Å². The van der Waals surface area contributed by atoms with E-state index in [2.05, 4.69) is 23.7 Å². The Morgan fingerprint density at radius 2 is 2.29 bits per heavy atom. The number of hydrogen-bond acceptors (Lipinski definition) is 3. The van der Waals surface area contributed by atoms with Crippen molar-refractivity contribution in [2.24, 2.45) is 0 Å². The smallest absolute Gasteiger partial charge is 0.239 e. The van der Waals surface area contributed by atoms with Crippen molar-refractivity contribution in [1.82, 2.24) is 0 Å². The van der Waals surface area contributed by atoms with E-state index in [1.807, 2.05) is 0 Å². The molecule has 0 saturated carbocycles. The summed E-state index contributed by atoms with van der Waals surface area (Å²) in [6.45, 7) is 2.52. The van der Waals surface area contributed by atoms with Gasteiger partial charge in [0.2, 0.25) is 5.79 Å². The molecule has 0 unspecified atom stereocenters. The van der Waals surface area contributed by atoms with Gasteiger partial charge in [-0.3, -0.25) is 0 Å². The standard InChI is InChI=1S/C14H14O3/c1-2-3-4-5-8-11-12-13(16-12)14(17-11)9-6-7-10-15-14/h8,12-13H,6-7,9-10H2,1H3/b11-8+/t12-,13-,14-/m1/s1. The molecule has 3 rings (SSSR count). The molecule has 0 N–H and O–H groups in total. The third-order valence-electron chi connectivity index (χ3n) is 3.24. The number of allylic oxidation sites excluding steroid dienone is 1. The Labute approximate surface area is 101 Å². The Morgan fingerprint density at radius 3 is 3.06 bits per heavy atom. The molecule has 17 heavy (non-hydrogen) atoms. The summed E-state index contributed by atoms with van der Waals surface area (Å²) in [4.78, 5) is 0. The van der Waals surface area contributed by atoms with Gasteiger partial charge in [-0.2, -0.15) is 0 Å². The van der Waals surface area contributed by atoms with Gasteiger partial charge >= 0.3 is 0 Å². The molecule has 3 aliphatic heterocycles. The van der Waals surface area contributed by atoms with Crippen molar-refractivity contribution in [3.8, 4) is 23.7 Å². The first-order valence-corrected chi connectivity index (χ1v) is 5.96. The van der Waals surface area contributed by atoms with Crippen LogP contribution in [0, 0.1) is 23.7 Å². The van der Waals surface area contributed by atoms with Crippen molar-refractivity contribution in [2.45, 2.75) is 44.2 Å². The fourth-order valence-corrected chi connectivity index (χ4v) is 2.39. The molecule has 1 spiro atoms. The van der Waals surface area contributed by atoms with Gasteiger partial charge in [-0.15, -0.1) is 0 Å². The third-order valence-corrected chi connectivity index (χ3v) is 3.24. The van der Waals surface area contributed by atoms with Gasteiger partial charge in [0.15, 0.2) is 6.10 Å². The van der Waals surface area contributed by atoms with Gasteiger partial charge in [0.25, 0.3) is 0 Å². The van der Waals surface area contributed by atoms with E-state index in [9.17, 15) is 0 Å². The van der Waals surface area contributed by atoms with E-state index >= 15 is 0 Å². The average Bonchev–Trinajstić information content (AvgIpc) is 3.10. The number of fused-ring (bicyclic) bond motifs is 2. The minimum absolute atomic E-state index is 0.0528. The molecular formula is C14H14O3. The minimum Gasteiger partial charge on any atom is -0.460 e. The molecule has 3 heteroatoms. The highest BCUT2D eigenvalue weighted by Gasteiger charge is 2.66. The second-order valence-electron chi connectivity index (χ2n) is 4.39. The fraction of sp³-hybridized carbons (Fsp3) is 0.571. The third kappa shape index (κ3) is 1.82. The zero-order valence-corrected chi connectivity index (χ0v) is 9.79. The van der Waals surface area contributed by atoms with Crippen molar-refractivity contribution in [3.63, 3.8) is 0 Å². The summed E-state index contributed by atoms with van der Waals surface area (Å²) >= 11 is 0. The molecule has 0 amide bonds. The van der Waals surface area contributed by atoms with Crippen molar-refractivity contribution >= 4 is 0 Å². The predicted octanol–water partition coefficient (Wildman–Crippen LogP) is 1.59. The van der Waals surface area contributed by atoms with Crippen LogP contribution in [-0.4, -0.2) is 24.6 Å². The quantitative estimate of drug-likeness (QED) is 0.468. The first-order chi connectivity index (χ1) is 8.36. The molecule has 0 bridgehead atoms. The summed E-state index contributed by atoms with van der Waals surface area (Å²) in [6, 6.07) is 0. The minimum atomic E-state index is -0.521. The van der Waals surface area contributed by atoms with Crippen LogP contribution >= 0.6 is 0 Å². The van der Waals surface area contributed by atoms with Crippen molar-refractivity contribution in [1.29, 1.82) is 0 Å². The highest BCUT2D eigenvalue weighted by Crippen LogP contribution is 2.52. The Morgan fingerprint density at radius 1 is 1.35 bits per heavy atom. The predicted molar refractivity (Wildman–Crippen MR) is 61.6 cm³/mol. The lowest BCUT2D eigenvalue weighted by atomic mass is 10.0. The Hall–Kier alpha value is -1.42. The maximum atomic E-state index is 5.90. The molecule has 88 valence electrons. The van der Waals surface area contributed by atoms with E-state index < -0.39 is 5.79 Å². The van der Waals surface area contributed by atoms with Crippen LogP contribution in [0.2, 0.25) is 0 Å². The van der Waals surface area contributed by atoms with Gasteiger partial charge in [-0.25, -0.2) is 0 Å². The molecule has 3 nitrogen and oxygen atoms in total. The number of hydrogen-bond donors (Lipinski definition) is 0. The Balaban J connectivity index is 1.74. The van der Waals surface area contributed by atoms with Crippen LogP contribution in [0.1, 0.15) is 26.2 Å². The summed E-state index contributed by atoms with van der Waals surface area (Å²) in [5.41, 5.74) is 0. The van der Waals surface area contributed by atoms with Crippen molar-refractivity contribution in [3.05, 3.63) is 11.8 Å². The van der Waals surface area contributed by atoms with Gasteiger partial charge < -0.3 is 14.2 Å². The van der Waals surface area contributed by atoms with E-state index in [0.29, 0.717) is 0 Å².